The second-order valence-corrected chi connectivity index (χ2v) is 20.5. The average Bonchev–Trinajstić information content (AvgIpc) is 3.32. The molecule has 5 saturated heterocycles. The molecule has 73 heavy (non-hydrogen) atoms. The van der Waals surface area contributed by atoms with E-state index in [0.717, 1.165) is 6.92 Å². The van der Waals surface area contributed by atoms with Gasteiger partial charge in [0.1, 0.15) is 60.0 Å². The number of hydrogen-bond donors (Lipinski definition) is 10. The van der Waals surface area contributed by atoms with E-state index in [1.54, 1.807) is 40.7 Å². The van der Waals surface area contributed by atoms with Crippen molar-refractivity contribution in [1.82, 2.24) is 0 Å². The Hall–Kier alpha value is -3.28. The molecule has 2 aromatic carbocycles. The molecule has 2 aromatic rings. The van der Waals surface area contributed by atoms with Gasteiger partial charge in [0.25, 0.3) is 0 Å². The summed E-state index contributed by atoms with van der Waals surface area (Å²) in [4.78, 5) is 27.6. The molecule has 5 aliphatic heterocycles. The fourth-order valence-corrected chi connectivity index (χ4v) is 10.9. The molecule has 0 radical (unpaired) electrons. The van der Waals surface area contributed by atoms with Crippen LogP contribution in [0.15, 0.2) is 12.1 Å². The third kappa shape index (κ3) is 11.6. The number of aliphatic hydroxyl groups excluding tert-OH is 8. The molecule has 23 nitrogen and oxygen atoms in total. The largest absolute Gasteiger partial charge is 0.507 e. The van der Waals surface area contributed by atoms with Crippen molar-refractivity contribution in [1.29, 1.82) is 0 Å². The zero-order chi connectivity index (χ0) is 53.1. The van der Waals surface area contributed by atoms with Crippen molar-refractivity contribution in [3.63, 3.8) is 0 Å². The number of hydrogen-bond acceptors (Lipinski definition) is 23. The lowest BCUT2D eigenvalue weighted by Gasteiger charge is -2.45. The number of ketones is 2. The quantitative estimate of drug-likeness (QED) is 0.119. The Morgan fingerprint density at radius 1 is 0.616 bits per heavy atom. The van der Waals surface area contributed by atoms with E-state index >= 15 is 0 Å². The lowest BCUT2D eigenvalue weighted by molar-refractivity contribution is -0.329. The van der Waals surface area contributed by atoms with Crippen molar-refractivity contribution >= 4 is 22.3 Å². The molecule has 410 valence electrons. The van der Waals surface area contributed by atoms with E-state index in [9.17, 15) is 60.7 Å². The van der Waals surface area contributed by atoms with Crippen molar-refractivity contribution in [2.24, 2.45) is 5.92 Å². The zero-order valence-corrected chi connectivity index (χ0v) is 42.0. The first-order valence-corrected chi connectivity index (χ1v) is 25.0. The molecular weight excluding hydrogens is 969 g/mol. The number of aliphatic hydroxyl groups is 8. The fraction of sp³-hybridized carbons (Fsp3) is 0.760. The van der Waals surface area contributed by atoms with Gasteiger partial charge in [-0.1, -0.05) is 0 Å². The van der Waals surface area contributed by atoms with Crippen LogP contribution in [0.2, 0.25) is 0 Å². The maximum absolute atomic E-state index is 14.9. The van der Waals surface area contributed by atoms with Gasteiger partial charge < -0.3 is 103 Å². The lowest BCUT2D eigenvalue weighted by atomic mass is 9.75. The van der Waals surface area contributed by atoms with Crippen LogP contribution in [-0.4, -0.2) is 211 Å². The van der Waals surface area contributed by atoms with Crippen LogP contribution in [0, 0.1) is 12.8 Å². The molecule has 0 saturated carbocycles. The number of fused-ring (bicyclic) bond motifs is 2. The highest BCUT2D eigenvalue weighted by Gasteiger charge is 2.50. The topological polar surface area (TPSA) is 338 Å². The Morgan fingerprint density at radius 2 is 1.04 bits per heavy atom. The number of carbonyl (C=O) groups excluding carboxylic acids is 2. The van der Waals surface area contributed by atoms with Crippen molar-refractivity contribution in [2.75, 3.05) is 7.11 Å². The number of ether oxygens (including phenoxy) is 11. The van der Waals surface area contributed by atoms with Crippen molar-refractivity contribution in [3.05, 3.63) is 28.8 Å². The smallest absolute Gasteiger partial charge is 0.202 e. The van der Waals surface area contributed by atoms with Gasteiger partial charge in [-0.15, -0.1) is 0 Å². The van der Waals surface area contributed by atoms with Crippen LogP contribution in [0.4, 0.5) is 0 Å². The molecule has 0 spiro atoms. The summed E-state index contributed by atoms with van der Waals surface area (Å²) in [6.07, 6.45) is -25.1. The van der Waals surface area contributed by atoms with Crippen LogP contribution in [0.25, 0.3) is 10.8 Å². The summed E-state index contributed by atoms with van der Waals surface area (Å²) in [6.45, 7) is 10.7. The molecular formula is C50H72O23. The normalized spacial score (nSPS) is 42.3. The number of benzene rings is 2. The molecule has 24 atom stereocenters. The summed E-state index contributed by atoms with van der Waals surface area (Å²) >= 11 is 0. The van der Waals surface area contributed by atoms with Gasteiger partial charge in [-0.05, 0) is 78.0 Å². The molecule has 0 aromatic heterocycles. The molecule has 6 aliphatic rings. The molecule has 5 heterocycles. The molecule has 5 fully saturated rings. The Morgan fingerprint density at radius 3 is 1.49 bits per heavy atom. The van der Waals surface area contributed by atoms with E-state index in [1.165, 1.54) is 20.1 Å². The van der Waals surface area contributed by atoms with Crippen molar-refractivity contribution < 1.29 is 113 Å². The molecule has 8 rings (SSSR count). The van der Waals surface area contributed by atoms with E-state index in [2.05, 4.69) is 0 Å². The minimum Gasteiger partial charge on any atom is -0.507 e. The highest BCUT2D eigenvalue weighted by molar-refractivity contribution is 6.11. The molecule has 0 amide bonds. The van der Waals surface area contributed by atoms with Gasteiger partial charge >= 0.3 is 0 Å². The Balaban J connectivity index is 1.03. The highest BCUT2D eigenvalue weighted by atomic mass is 16.7. The van der Waals surface area contributed by atoms with Crippen LogP contribution in [0.5, 0.6) is 17.2 Å². The third-order valence-electron chi connectivity index (χ3n) is 15.3. The summed E-state index contributed by atoms with van der Waals surface area (Å²) in [5.74, 6) is -3.41. The predicted molar refractivity (Wildman–Crippen MR) is 248 cm³/mol. The summed E-state index contributed by atoms with van der Waals surface area (Å²) in [7, 11) is 1.26. The van der Waals surface area contributed by atoms with E-state index in [0.29, 0.717) is 0 Å². The number of aromatic hydroxyl groups is 2. The standard InChI is InChI=1S/C50H72O23/c1-17-29(69-35-14-30(44(58)21(5)66-35)70-33-12-27(52)42(56)19(3)64-33)11-25-9-24-10-26(49(63-8)41(55)18(2)51)50(48(62)39(24)47(61)38(25)40(17)54)73-37-16-32(46(60)23(7)68-37)72-36-15-31(45(59)22(6)67-36)71-34-13-28(53)43(57)20(4)65-34/h9,11,19-23,26-28,30-37,41-46,49-50,52-61H,10,12-16H2,1-8H3/t19?,20?,21?,22?,23?,26-,27+,28+,30+,31+,32+,33-,34-,35-,36-,37-,41-,42+,43+,44+,45-,46+,49-,50-/m0/s1. The molecule has 0 bridgehead atoms. The summed E-state index contributed by atoms with van der Waals surface area (Å²) < 4.78 is 66.4. The maximum atomic E-state index is 14.9. The molecule has 10 N–H and O–H groups in total. The van der Waals surface area contributed by atoms with Crippen LogP contribution in [0.3, 0.4) is 0 Å². The van der Waals surface area contributed by atoms with Gasteiger partial charge in [-0.3, -0.25) is 9.59 Å². The lowest BCUT2D eigenvalue weighted by Crippen LogP contribution is -2.56. The third-order valence-corrected chi connectivity index (χ3v) is 15.3. The second-order valence-electron chi connectivity index (χ2n) is 20.5. The first-order valence-electron chi connectivity index (χ1n) is 25.0. The minimum atomic E-state index is -1.72. The first-order chi connectivity index (χ1) is 34.4. The number of Topliss-reactive ketones (excluding diaryl/α,β-unsaturated/α-hetero) is 2. The van der Waals surface area contributed by atoms with E-state index in [4.69, 9.17) is 52.1 Å². The van der Waals surface area contributed by atoms with Gasteiger partial charge in [0, 0.05) is 50.7 Å². The monoisotopic (exact) mass is 1040 g/mol. The summed E-state index contributed by atoms with van der Waals surface area (Å²) in [5.41, 5.74) is 0.218. The van der Waals surface area contributed by atoms with Gasteiger partial charge in [0.2, 0.25) is 6.29 Å². The van der Waals surface area contributed by atoms with Gasteiger partial charge in [-0.25, -0.2) is 0 Å². The molecule has 23 heteroatoms. The predicted octanol–water partition coefficient (Wildman–Crippen LogP) is -0.000280. The summed E-state index contributed by atoms with van der Waals surface area (Å²) in [6, 6.07) is 3.11. The van der Waals surface area contributed by atoms with E-state index in [-0.39, 0.29) is 71.7 Å². The van der Waals surface area contributed by atoms with Crippen LogP contribution in [-0.2, 0) is 58.6 Å². The first kappa shape index (κ1) is 55.9. The zero-order valence-electron chi connectivity index (χ0n) is 42.0. The average molecular weight is 1040 g/mol. The van der Waals surface area contributed by atoms with Gasteiger partial charge in [0.15, 0.2) is 36.7 Å². The van der Waals surface area contributed by atoms with E-state index < -0.39 is 170 Å². The Bertz CT molecular complexity index is 2240. The number of carbonyl (C=O) groups is 2. The Kier molecular flexibility index (Phi) is 17.4. The van der Waals surface area contributed by atoms with Crippen molar-refractivity contribution in [2.45, 2.75) is 228 Å². The maximum Gasteiger partial charge on any atom is 0.202 e. The van der Waals surface area contributed by atoms with Crippen LogP contribution in [0.1, 0.15) is 95.1 Å². The minimum absolute atomic E-state index is 0.0158. The molecule has 1 aliphatic carbocycles. The van der Waals surface area contributed by atoms with Gasteiger partial charge in [0.05, 0.1) is 78.1 Å². The summed E-state index contributed by atoms with van der Waals surface area (Å²) in [5, 5.41) is 109. The number of phenols is 2. The number of phenolic OH excluding ortho intramolecular Hbond substituents is 2. The van der Waals surface area contributed by atoms with Crippen LogP contribution < -0.4 is 4.74 Å². The van der Waals surface area contributed by atoms with Gasteiger partial charge in [-0.2, -0.15) is 0 Å². The fourth-order valence-electron chi connectivity index (χ4n) is 10.9. The number of methoxy groups -OCH3 is 1. The second kappa shape index (κ2) is 22.7. The van der Waals surface area contributed by atoms with Crippen LogP contribution >= 0.6 is 0 Å². The van der Waals surface area contributed by atoms with E-state index in [1.807, 2.05) is 0 Å². The Labute approximate surface area is 421 Å². The highest BCUT2D eigenvalue weighted by Crippen LogP contribution is 2.47. The molecule has 5 unspecified atom stereocenters. The van der Waals surface area contributed by atoms with Crippen molar-refractivity contribution in [3.8, 4) is 17.2 Å². The number of rotatable bonds is 14. The SMILES string of the molecule is CO[C@@H]([C@@H]1Cc2cc3cc(O[C@H]4C[C@@H](O[C@H]5C[C@@H](O)[C@H](O)C(C)O5)[C@H](O)C(C)O4)c(C)c(O)c3c(O)c2C(=O)[C@H]1O[C@H]1C[C@@H](O[C@H]2C[C@@H](O[C@H]3C[C@@H](O)[C@H](O)C(C)O3)[C@@H](O)C(C)O2)[C@H](O)C(C)O1)[C@@H](O)C(C)=O.